The lowest BCUT2D eigenvalue weighted by Gasteiger charge is -2.09. The summed E-state index contributed by atoms with van der Waals surface area (Å²) in [5, 5.41) is 7.29. The van der Waals surface area contributed by atoms with Crippen molar-refractivity contribution in [1.82, 2.24) is 19.3 Å². The Hall–Kier alpha value is -2.63. The van der Waals surface area contributed by atoms with Crippen LogP contribution in [0.2, 0.25) is 0 Å². The van der Waals surface area contributed by atoms with E-state index in [-0.39, 0.29) is 5.91 Å². The first-order chi connectivity index (χ1) is 11.4. The lowest BCUT2D eigenvalue weighted by molar-refractivity contribution is 0.101. The Morgan fingerprint density at radius 1 is 1.12 bits per heavy atom. The molecule has 0 aliphatic carbocycles. The molecule has 1 aromatic carbocycles. The van der Waals surface area contributed by atoms with Gasteiger partial charge in [0.05, 0.1) is 16.7 Å². The first kappa shape index (κ1) is 16.2. The van der Waals surface area contributed by atoms with Gasteiger partial charge in [-0.3, -0.25) is 14.8 Å². The molecule has 6 heteroatoms. The van der Waals surface area contributed by atoms with Gasteiger partial charge >= 0.3 is 0 Å². The van der Waals surface area contributed by atoms with Crippen LogP contribution in [0.5, 0.6) is 0 Å². The monoisotopic (exact) mass is 325 g/mol. The minimum absolute atomic E-state index is 0.183. The quantitative estimate of drug-likeness (QED) is 0.799. The molecule has 2 aromatic heterocycles. The summed E-state index contributed by atoms with van der Waals surface area (Å²) in [5.74, 6) is 0.393. The van der Waals surface area contributed by atoms with Gasteiger partial charge in [-0.05, 0) is 57.9 Å². The number of carbonyl (C=O) groups excluding carboxylic acids is 1. The number of anilines is 1. The fraction of sp³-hybridized carbons (Fsp3) is 0.389. The molecule has 2 heterocycles. The summed E-state index contributed by atoms with van der Waals surface area (Å²) in [5.41, 5.74) is 5.69. The molecule has 126 valence electrons. The second-order valence-electron chi connectivity index (χ2n) is 6.07. The van der Waals surface area contributed by atoms with Gasteiger partial charge in [-0.1, -0.05) is 6.07 Å². The maximum atomic E-state index is 12.7. The molecule has 1 amide bonds. The third kappa shape index (κ3) is 2.68. The van der Waals surface area contributed by atoms with Crippen molar-refractivity contribution < 1.29 is 4.79 Å². The van der Waals surface area contributed by atoms with Gasteiger partial charge in [-0.15, -0.1) is 0 Å². The Bertz CT molecular complexity index is 919. The number of rotatable bonds is 4. The van der Waals surface area contributed by atoms with Gasteiger partial charge in [0.2, 0.25) is 5.95 Å². The molecule has 0 atom stereocenters. The number of aryl methyl sites for hydroxylation is 5. The van der Waals surface area contributed by atoms with Gasteiger partial charge < -0.3 is 4.57 Å². The highest BCUT2D eigenvalue weighted by molar-refractivity contribution is 6.03. The van der Waals surface area contributed by atoms with Crippen LogP contribution in [0.25, 0.3) is 11.0 Å². The van der Waals surface area contributed by atoms with Crippen molar-refractivity contribution in [1.29, 1.82) is 0 Å². The fourth-order valence-corrected chi connectivity index (χ4v) is 3.19. The molecule has 0 radical (unpaired) electrons. The maximum Gasteiger partial charge on any atom is 0.276 e. The Kier molecular flexibility index (Phi) is 4.13. The first-order valence-corrected chi connectivity index (χ1v) is 8.27. The second-order valence-corrected chi connectivity index (χ2v) is 6.07. The number of imidazole rings is 1. The number of nitrogens with one attached hydrogen (secondary N) is 1. The number of carbonyl (C=O) groups is 1. The Morgan fingerprint density at radius 3 is 2.54 bits per heavy atom. The molecule has 1 N–H and O–H groups in total. The average molecular weight is 325 g/mol. The van der Waals surface area contributed by atoms with E-state index in [4.69, 9.17) is 0 Å². The number of hydrogen-bond donors (Lipinski definition) is 1. The van der Waals surface area contributed by atoms with Crippen molar-refractivity contribution in [2.45, 2.75) is 47.7 Å². The Labute approximate surface area is 141 Å². The zero-order valence-corrected chi connectivity index (χ0v) is 14.8. The van der Waals surface area contributed by atoms with Gasteiger partial charge in [-0.25, -0.2) is 4.98 Å². The molecule has 3 aromatic rings. The smallest absolute Gasteiger partial charge is 0.276 e. The zero-order valence-electron chi connectivity index (χ0n) is 14.8. The van der Waals surface area contributed by atoms with Crippen molar-refractivity contribution in [2.24, 2.45) is 0 Å². The third-order valence-corrected chi connectivity index (χ3v) is 4.15. The lowest BCUT2D eigenvalue weighted by atomic mass is 10.1. The van der Waals surface area contributed by atoms with Gasteiger partial charge in [-0.2, -0.15) is 5.10 Å². The predicted molar refractivity (Wildman–Crippen MR) is 95.5 cm³/mol. The van der Waals surface area contributed by atoms with Crippen LogP contribution in [-0.4, -0.2) is 25.2 Å². The van der Waals surface area contributed by atoms with Crippen LogP contribution < -0.4 is 5.32 Å². The van der Waals surface area contributed by atoms with Crippen LogP contribution in [0, 0.1) is 20.8 Å². The van der Waals surface area contributed by atoms with Crippen LogP contribution in [0.4, 0.5) is 5.95 Å². The summed E-state index contributed by atoms with van der Waals surface area (Å²) < 4.78 is 3.75. The van der Waals surface area contributed by atoms with E-state index < -0.39 is 0 Å². The molecule has 0 saturated heterocycles. The van der Waals surface area contributed by atoms with Gasteiger partial charge in [0.15, 0.2) is 0 Å². The molecule has 24 heavy (non-hydrogen) atoms. The lowest BCUT2D eigenvalue weighted by Crippen LogP contribution is -2.19. The van der Waals surface area contributed by atoms with Crippen LogP contribution in [-0.2, 0) is 13.1 Å². The van der Waals surface area contributed by atoms with Crippen LogP contribution >= 0.6 is 0 Å². The van der Waals surface area contributed by atoms with E-state index in [1.807, 2.05) is 24.5 Å². The molecule has 6 nitrogen and oxygen atoms in total. The summed E-state index contributed by atoms with van der Waals surface area (Å²) in [6.45, 7) is 11.4. The van der Waals surface area contributed by atoms with E-state index in [9.17, 15) is 4.79 Å². The minimum Gasteiger partial charge on any atom is -0.310 e. The highest BCUT2D eigenvalue weighted by Gasteiger charge is 2.18. The van der Waals surface area contributed by atoms with E-state index in [1.54, 1.807) is 10.7 Å². The van der Waals surface area contributed by atoms with Crippen molar-refractivity contribution in [3.63, 3.8) is 0 Å². The van der Waals surface area contributed by atoms with Crippen LogP contribution in [0.15, 0.2) is 18.2 Å². The van der Waals surface area contributed by atoms with E-state index in [0.29, 0.717) is 18.2 Å². The normalized spacial score (nSPS) is 11.2. The molecule has 3 rings (SSSR count). The summed E-state index contributed by atoms with van der Waals surface area (Å²) in [6.07, 6.45) is 0. The van der Waals surface area contributed by atoms with E-state index in [2.05, 4.69) is 42.2 Å². The largest absolute Gasteiger partial charge is 0.310 e. The Morgan fingerprint density at radius 2 is 1.88 bits per heavy atom. The predicted octanol–water partition coefficient (Wildman–Crippen LogP) is 3.45. The highest BCUT2D eigenvalue weighted by atomic mass is 16.2. The first-order valence-electron chi connectivity index (χ1n) is 8.27. The molecule has 0 spiro atoms. The van der Waals surface area contributed by atoms with Gasteiger partial charge in [0.25, 0.3) is 5.91 Å². The van der Waals surface area contributed by atoms with Crippen LogP contribution in [0.1, 0.15) is 41.2 Å². The molecule has 0 unspecified atom stereocenters. The molecule has 0 aliphatic rings. The highest BCUT2D eigenvalue weighted by Crippen LogP contribution is 2.25. The number of nitrogens with zero attached hydrogens (tertiary/aromatic N) is 4. The van der Waals surface area contributed by atoms with Crippen molar-refractivity contribution in [3.05, 3.63) is 40.7 Å². The standard InChI is InChI=1S/C18H23N5O/c1-6-22-16-12(4)8-11(3)9-14(16)19-18(22)20-17(24)15-10-13(5)21-23(15)7-2/h8-10H,6-7H2,1-5H3,(H,19,20,24). The fourth-order valence-electron chi connectivity index (χ4n) is 3.19. The number of aromatic nitrogens is 4. The summed E-state index contributed by atoms with van der Waals surface area (Å²) in [6, 6.07) is 5.98. The van der Waals surface area contributed by atoms with Crippen molar-refractivity contribution in [2.75, 3.05) is 5.32 Å². The maximum absolute atomic E-state index is 12.7. The molecular weight excluding hydrogens is 302 g/mol. The summed E-state index contributed by atoms with van der Waals surface area (Å²) >= 11 is 0. The van der Waals surface area contributed by atoms with Crippen molar-refractivity contribution >= 4 is 22.9 Å². The van der Waals surface area contributed by atoms with Gasteiger partial charge in [0.1, 0.15) is 5.69 Å². The molecule has 0 bridgehead atoms. The minimum atomic E-state index is -0.183. The third-order valence-electron chi connectivity index (χ3n) is 4.15. The molecule has 0 saturated carbocycles. The number of benzene rings is 1. The van der Waals surface area contributed by atoms with Crippen LogP contribution in [0.3, 0.4) is 0 Å². The topological polar surface area (TPSA) is 64.7 Å². The number of hydrogen-bond acceptors (Lipinski definition) is 3. The van der Waals surface area contributed by atoms with Gasteiger partial charge in [0, 0.05) is 13.1 Å². The SMILES string of the molecule is CCn1nc(C)cc1C(=O)Nc1nc2cc(C)cc(C)c2n1CC. The average Bonchev–Trinajstić information content (AvgIpc) is 3.06. The molecule has 0 aliphatic heterocycles. The van der Waals surface area contributed by atoms with Crippen molar-refractivity contribution in [3.8, 4) is 0 Å². The van der Waals surface area contributed by atoms with E-state index >= 15 is 0 Å². The molecular formula is C18H23N5O. The Balaban J connectivity index is 2.03. The van der Waals surface area contributed by atoms with E-state index in [1.165, 1.54) is 5.56 Å². The summed E-state index contributed by atoms with van der Waals surface area (Å²) in [4.78, 5) is 17.3. The summed E-state index contributed by atoms with van der Waals surface area (Å²) in [7, 11) is 0. The zero-order chi connectivity index (χ0) is 17.4. The second kappa shape index (κ2) is 6.11. The number of amides is 1. The number of fused-ring (bicyclic) bond motifs is 1. The van der Waals surface area contributed by atoms with E-state index in [0.717, 1.165) is 28.8 Å². The molecule has 0 fully saturated rings.